The van der Waals surface area contributed by atoms with Crippen molar-refractivity contribution < 1.29 is 0 Å². The molecule has 0 saturated heterocycles. The molecule has 2 heterocycles. The first-order chi connectivity index (χ1) is 7.70. The second kappa shape index (κ2) is 4.40. The van der Waals surface area contributed by atoms with Gasteiger partial charge in [0, 0.05) is 19.4 Å². The van der Waals surface area contributed by atoms with Gasteiger partial charge in [-0.3, -0.25) is 14.6 Å². The fraction of sp³-hybridized carbons (Fsp3) is 0.364. The van der Waals surface area contributed by atoms with Gasteiger partial charge in [-0.1, -0.05) is 0 Å². The standard InChI is InChI=1S/C11H15N5/c1-8-6-14-10(7-13-8)11(12-2)9-4-5-16(3)15-9/h4-7,11-12H,1-3H3. The Hall–Kier alpha value is -1.75. The Morgan fingerprint density at radius 3 is 2.56 bits per heavy atom. The zero-order chi connectivity index (χ0) is 11.5. The van der Waals surface area contributed by atoms with Crippen LogP contribution in [0.1, 0.15) is 23.1 Å². The predicted molar refractivity (Wildman–Crippen MR) is 60.9 cm³/mol. The van der Waals surface area contributed by atoms with Gasteiger partial charge in [-0.2, -0.15) is 5.10 Å². The molecule has 2 rings (SSSR count). The lowest BCUT2D eigenvalue weighted by Crippen LogP contribution is -2.20. The summed E-state index contributed by atoms with van der Waals surface area (Å²) in [7, 11) is 3.79. The largest absolute Gasteiger partial charge is 0.307 e. The molecule has 0 radical (unpaired) electrons. The van der Waals surface area contributed by atoms with Crippen molar-refractivity contribution in [2.75, 3.05) is 7.05 Å². The second-order valence-corrected chi connectivity index (χ2v) is 3.72. The highest BCUT2D eigenvalue weighted by Gasteiger charge is 2.15. The fourth-order valence-corrected chi connectivity index (χ4v) is 1.59. The number of rotatable bonds is 3. The molecular formula is C11H15N5. The summed E-state index contributed by atoms with van der Waals surface area (Å²) in [6.45, 7) is 1.92. The third-order valence-electron chi connectivity index (χ3n) is 2.42. The molecule has 0 aliphatic carbocycles. The highest BCUT2D eigenvalue weighted by atomic mass is 15.3. The molecule has 1 N–H and O–H groups in total. The van der Waals surface area contributed by atoms with Gasteiger partial charge >= 0.3 is 0 Å². The van der Waals surface area contributed by atoms with Crippen LogP contribution in [0.4, 0.5) is 0 Å². The van der Waals surface area contributed by atoms with E-state index in [2.05, 4.69) is 20.4 Å². The summed E-state index contributed by atoms with van der Waals surface area (Å²) >= 11 is 0. The molecule has 0 spiro atoms. The van der Waals surface area contributed by atoms with E-state index in [9.17, 15) is 0 Å². The van der Waals surface area contributed by atoms with Crippen molar-refractivity contribution in [2.45, 2.75) is 13.0 Å². The van der Waals surface area contributed by atoms with E-state index < -0.39 is 0 Å². The van der Waals surface area contributed by atoms with Gasteiger partial charge in [-0.15, -0.1) is 0 Å². The molecule has 2 aromatic rings. The normalized spacial score (nSPS) is 12.7. The number of nitrogens with zero attached hydrogens (tertiary/aromatic N) is 4. The van der Waals surface area contributed by atoms with Crippen LogP contribution in [0, 0.1) is 6.92 Å². The zero-order valence-corrected chi connectivity index (χ0v) is 9.68. The van der Waals surface area contributed by atoms with Crippen LogP contribution in [-0.4, -0.2) is 26.8 Å². The van der Waals surface area contributed by atoms with Gasteiger partial charge in [0.1, 0.15) is 0 Å². The fourth-order valence-electron chi connectivity index (χ4n) is 1.59. The third kappa shape index (κ3) is 2.09. The Morgan fingerprint density at radius 2 is 2.06 bits per heavy atom. The van der Waals surface area contributed by atoms with Crippen LogP contribution in [0.25, 0.3) is 0 Å². The molecule has 0 amide bonds. The highest BCUT2D eigenvalue weighted by Crippen LogP contribution is 2.16. The quantitative estimate of drug-likeness (QED) is 0.827. The highest BCUT2D eigenvalue weighted by molar-refractivity contribution is 5.19. The van der Waals surface area contributed by atoms with Crippen molar-refractivity contribution in [3.8, 4) is 0 Å². The number of nitrogens with one attached hydrogen (secondary N) is 1. The number of hydrogen-bond donors (Lipinski definition) is 1. The lowest BCUT2D eigenvalue weighted by Gasteiger charge is -2.12. The van der Waals surface area contributed by atoms with Crippen LogP contribution >= 0.6 is 0 Å². The number of aromatic nitrogens is 4. The van der Waals surface area contributed by atoms with Crippen molar-refractivity contribution in [2.24, 2.45) is 7.05 Å². The van der Waals surface area contributed by atoms with Crippen molar-refractivity contribution in [1.29, 1.82) is 0 Å². The molecule has 1 unspecified atom stereocenters. The maximum Gasteiger partial charge on any atom is 0.0956 e. The molecule has 0 aliphatic rings. The summed E-state index contributed by atoms with van der Waals surface area (Å²) < 4.78 is 1.78. The van der Waals surface area contributed by atoms with E-state index in [1.807, 2.05) is 33.3 Å². The second-order valence-electron chi connectivity index (χ2n) is 3.72. The summed E-state index contributed by atoms with van der Waals surface area (Å²) in [4.78, 5) is 8.60. The maximum atomic E-state index is 4.37. The summed E-state index contributed by atoms with van der Waals surface area (Å²) in [6.07, 6.45) is 5.47. The van der Waals surface area contributed by atoms with Crippen molar-refractivity contribution in [1.82, 2.24) is 25.1 Å². The average Bonchev–Trinajstić information content (AvgIpc) is 2.69. The minimum absolute atomic E-state index is 0.00528. The van der Waals surface area contributed by atoms with E-state index in [4.69, 9.17) is 0 Å². The molecule has 16 heavy (non-hydrogen) atoms. The van der Waals surface area contributed by atoms with Gasteiger partial charge in [0.05, 0.1) is 29.3 Å². The number of aryl methyl sites for hydroxylation is 2. The van der Waals surface area contributed by atoms with E-state index in [0.717, 1.165) is 17.1 Å². The molecular weight excluding hydrogens is 202 g/mol. The van der Waals surface area contributed by atoms with Crippen LogP contribution in [-0.2, 0) is 7.05 Å². The molecule has 0 saturated carbocycles. The summed E-state index contributed by atoms with van der Waals surface area (Å²) in [5.74, 6) is 0. The Balaban J connectivity index is 2.32. The predicted octanol–water partition coefficient (Wildman–Crippen LogP) is 0.827. The smallest absolute Gasteiger partial charge is 0.0956 e. The maximum absolute atomic E-state index is 4.37. The molecule has 5 heteroatoms. The van der Waals surface area contributed by atoms with Crippen LogP contribution < -0.4 is 5.32 Å². The lowest BCUT2D eigenvalue weighted by molar-refractivity contribution is 0.624. The molecule has 0 fully saturated rings. The zero-order valence-electron chi connectivity index (χ0n) is 9.68. The molecule has 0 bridgehead atoms. The molecule has 2 aromatic heterocycles. The first-order valence-corrected chi connectivity index (χ1v) is 5.16. The first kappa shape index (κ1) is 10.8. The minimum atomic E-state index is -0.00528. The molecule has 0 aliphatic heterocycles. The van der Waals surface area contributed by atoms with Crippen molar-refractivity contribution in [3.63, 3.8) is 0 Å². The third-order valence-corrected chi connectivity index (χ3v) is 2.42. The number of hydrogen-bond acceptors (Lipinski definition) is 4. The molecule has 0 aromatic carbocycles. The van der Waals surface area contributed by atoms with Crippen molar-refractivity contribution >= 4 is 0 Å². The van der Waals surface area contributed by atoms with Crippen LogP contribution in [0.2, 0.25) is 0 Å². The van der Waals surface area contributed by atoms with Gasteiger partial charge in [0.15, 0.2) is 0 Å². The van der Waals surface area contributed by atoms with E-state index in [-0.39, 0.29) is 6.04 Å². The van der Waals surface area contributed by atoms with E-state index in [1.54, 1.807) is 17.1 Å². The topological polar surface area (TPSA) is 55.6 Å². The summed E-state index contributed by atoms with van der Waals surface area (Å²) in [6, 6.07) is 1.97. The Labute approximate surface area is 94.5 Å². The molecule has 5 nitrogen and oxygen atoms in total. The van der Waals surface area contributed by atoms with Gasteiger partial charge in [0.25, 0.3) is 0 Å². The van der Waals surface area contributed by atoms with Gasteiger partial charge in [-0.25, -0.2) is 0 Å². The van der Waals surface area contributed by atoms with Gasteiger partial charge in [0.2, 0.25) is 0 Å². The minimum Gasteiger partial charge on any atom is -0.307 e. The van der Waals surface area contributed by atoms with Crippen LogP contribution in [0.15, 0.2) is 24.7 Å². The Morgan fingerprint density at radius 1 is 1.25 bits per heavy atom. The SMILES string of the molecule is CNC(c1cnc(C)cn1)c1ccn(C)n1. The Kier molecular flexibility index (Phi) is 2.96. The summed E-state index contributed by atoms with van der Waals surface area (Å²) in [5.41, 5.74) is 2.74. The molecule has 84 valence electrons. The van der Waals surface area contributed by atoms with Crippen molar-refractivity contribution in [3.05, 3.63) is 41.7 Å². The first-order valence-electron chi connectivity index (χ1n) is 5.16. The average molecular weight is 217 g/mol. The Bertz CT molecular complexity index is 459. The lowest BCUT2D eigenvalue weighted by atomic mass is 10.1. The van der Waals surface area contributed by atoms with Gasteiger partial charge in [-0.05, 0) is 20.0 Å². The van der Waals surface area contributed by atoms with E-state index >= 15 is 0 Å². The van der Waals surface area contributed by atoms with E-state index in [0.29, 0.717) is 0 Å². The summed E-state index contributed by atoms with van der Waals surface area (Å²) in [5, 5.41) is 7.56. The van der Waals surface area contributed by atoms with Crippen LogP contribution in [0.3, 0.4) is 0 Å². The molecule has 1 atom stereocenters. The van der Waals surface area contributed by atoms with E-state index in [1.165, 1.54) is 0 Å². The monoisotopic (exact) mass is 217 g/mol. The van der Waals surface area contributed by atoms with Crippen LogP contribution in [0.5, 0.6) is 0 Å². The van der Waals surface area contributed by atoms with Gasteiger partial charge < -0.3 is 5.32 Å².